The highest BCUT2D eigenvalue weighted by molar-refractivity contribution is 5.02. The van der Waals surface area contributed by atoms with Gasteiger partial charge in [0.2, 0.25) is 0 Å². The van der Waals surface area contributed by atoms with Crippen LogP contribution in [0.3, 0.4) is 0 Å². The Morgan fingerprint density at radius 3 is 2.45 bits per heavy atom. The van der Waals surface area contributed by atoms with Crippen LogP contribution in [-0.4, -0.2) is 9.97 Å². The number of rotatable bonds is 2. The Morgan fingerprint density at radius 2 is 2.09 bits per heavy atom. The van der Waals surface area contributed by atoms with Gasteiger partial charge in [0, 0.05) is 6.20 Å². The van der Waals surface area contributed by atoms with E-state index in [0.29, 0.717) is 0 Å². The van der Waals surface area contributed by atoms with E-state index >= 15 is 0 Å². The van der Waals surface area contributed by atoms with Gasteiger partial charge in [0.1, 0.15) is 5.69 Å². The predicted octanol–water partition coefficient (Wildman–Crippen LogP) is 1.98. The van der Waals surface area contributed by atoms with Crippen molar-refractivity contribution >= 4 is 0 Å². The maximum Gasteiger partial charge on any atom is 0.281 e. The zero-order valence-corrected chi connectivity index (χ0v) is 6.09. The molecule has 0 unspecified atom stereocenters. The van der Waals surface area contributed by atoms with Gasteiger partial charge < -0.3 is 0 Å². The van der Waals surface area contributed by atoms with E-state index in [2.05, 4.69) is 9.97 Å². The summed E-state index contributed by atoms with van der Waals surface area (Å²) in [5, 5.41) is 0. The van der Waals surface area contributed by atoms with E-state index < -0.39 is 6.43 Å². The molecule has 0 aliphatic rings. The van der Waals surface area contributed by atoms with Crippen LogP contribution in [0.25, 0.3) is 0 Å². The molecule has 1 heterocycles. The molecule has 0 spiro atoms. The van der Waals surface area contributed by atoms with E-state index in [-0.39, 0.29) is 5.69 Å². The smallest absolute Gasteiger partial charge is 0.258 e. The van der Waals surface area contributed by atoms with Gasteiger partial charge in [-0.2, -0.15) is 0 Å². The van der Waals surface area contributed by atoms with Crippen molar-refractivity contribution in [3.05, 3.63) is 23.8 Å². The van der Waals surface area contributed by atoms with Crippen molar-refractivity contribution in [3.8, 4) is 0 Å². The second kappa shape index (κ2) is 3.37. The minimum atomic E-state index is -2.52. The fraction of sp³-hybridized carbons (Fsp3) is 0.429. The van der Waals surface area contributed by atoms with Gasteiger partial charge in [0.25, 0.3) is 6.43 Å². The van der Waals surface area contributed by atoms with Crippen LogP contribution in [0.15, 0.2) is 12.4 Å². The molecule has 4 heteroatoms. The second-order valence-corrected chi connectivity index (χ2v) is 2.09. The highest BCUT2D eigenvalue weighted by Crippen LogP contribution is 2.14. The lowest BCUT2D eigenvalue weighted by Crippen LogP contribution is -1.94. The summed E-state index contributed by atoms with van der Waals surface area (Å²) in [5.74, 6) is 0. The molecule has 0 bridgehead atoms. The van der Waals surface area contributed by atoms with Crippen LogP contribution in [-0.2, 0) is 6.42 Å². The molecule has 1 aromatic rings. The molecule has 1 rings (SSSR count). The molecule has 0 aromatic carbocycles. The van der Waals surface area contributed by atoms with Crippen molar-refractivity contribution in [2.24, 2.45) is 0 Å². The maximum atomic E-state index is 11.9. The number of hydrogen-bond acceptors (Lipinski definition) is 2. The summed E-state index contributed by atoms with van der Waals surface area (Å²) in [7, 11) is 0. The van der Waals surface area contributed by atoms with Gasteiger partial charge in [-0.05, 0) is 6.42 Å². The molecular weight excluding hydrogens is 150 g/mol. The highest BCUT2D eigenvalue weighted by Gasteiger charge is 2.07. The number of nitrogens with zero attached hydrogens (tertiary/aromatic N) is 2. The molecule has 60 valence electrons. The molecule has 0 aliphatic carbocycles. The number of hydrogen-bond donors (Lipinski definition) is 0. The summed E-state index contributed by atoms with van der Waals surface area (Å²) in [4.78, 5) is 7.31. The summed E-state index contributed by atoms with van der Waals surface area (Å²) < 4.78 is 23.8. The predicted molar refractivity (Wildman–Crippen MR) is 36.4 cm³/mol. The molecule has 0 saturated heterocycles. The Labute approximate surface area is 63.3 Å². The van der Waals surface area contributed by atoms with E-state index in [9.17, 15) is 8.78 Å². The molecule has 0 N–H and O–H groups in total. The van der Waals surface area contributed by atoms with Gasteiger partial charge in [0.05, 0.1) is 11.9 Å². The Bertz CT molecular complexity index is 220. The van der Waals surface area contributed by atoms with Crippen LogP contribution >= 0.6 is 0 Å². The molecule has 0 radical (unpaired) electrons. The zero-order chi connectivity index (χ0) is 8.27. The van der Waals surface area contributed by atoms with Crippen LogP contribution < -0.4 is 0 Å². The largest absolute Gasteiger partial charge is 0.281 e. The van der Waals surface area contributed by atoms with E-state index in [0.717, 1.165) is 18.3 Å². The molecule has 0 aliphatic heterocycles. The first-order valence-corrected chi connectivity index (χ1v) is 3.33. The third-order valence-corrected chi connectivity index (χ3v) is 1.31. The molecule has 0 fully saturated rings. The van der Waals surface area contributed by atoms with Gasteiger partial charge in [-0.25, -0.2) is 8.78 Å². The first kappa shape index (κ1) is 8.04. The van der Waals surface area contributed by atoms with Gasteiger partial charge >= 0.3 is 0 Å². The standard InChI is InChI=1S/C7H8F2N2/c1-2-5-3-11-6(4-10-5)7(8)9/h3-4,7H,2H2,1H3. The fourth-order valence-corrected chi connectivity index (χ4v) is 0.660. The Hall–Kier alpha value is -1.06. The van der Waals surface area contributed by atoms with Crippen LogP contribution in [0.1, 0.15) is 24.7 Å². The average molecular weight is 158 g/mol. The Balaban J connectivity index is 2.83. The Morgan fingerprint density at radius 1 is 1.36 bits per heavy atom. The topological polar surface area (TPSA) is 25.8 Å². The third kappa shape index (κ3) is 1.93. The molecule has 0 saturated carbocycles. The quantitative estimate of drug-likeness (QED) is 0.657. The summed E-state index contributed by atoms with van der Waals surface area (Å²) in [6.07, 6.45) is 0.690. The van der Waals surface area contributed by atoms with Crippen molar-refractivity contribution in [3.63, 3.8) is 0 Å². The lowest BCUT2D eigenvalue weighted by molar-refractivity contribution is 0.145. The van der Waals surface area contributed by atoms with Gasteiger partial charge in [0.15, 0.2) is 0 Å². The van der Waals surface area contributed by atoms with Crippen molar-refractivity contribution < 1.29 is 8.78 Å². The second-order valence-electron chi connectivity index (χ2n) is 2.09. The summed E-state index contributed by atoms with van der Waals surface area (Å²) in [5.41, 5.74) is 0.469. The number of halogens is 2. The molecule has 0 atom stereocenters. The van der Waals surface area contributed by atoms with Crippen LogP contribution in [0.2, 0.25) is 0 Å². The first-order chi connectivity index (χ1) is 5.24. The molecule has 11 heavy (non-hydrogen) atoms. The lowest BCUT2D eigenvalue weighted by atomic mass is 10.3. The summed E-state index contributed by atoms with van der Waals surface area (Å²) >= 11 is 0. The van der Waals surface area contributed by atoms with E-state index in [1.54, 1.807) is 0 Å². The van der Waals surface area contributed by atoms with Crippen LogP contribution in [0.5, 0.6) is 0 Å². The van der Waals surface area contributed by atoms with Gasteiger partial charge in [-0.1, -0.05) is 6.92 Å². The maximum absolute atomic E-state index is 11.9. The first-order valence-electron chi connectivity index (χ1n) is 3.33. The number of aryl methyl sites for hydroxylation is 1. The monoisotopic (exact) mass is 158 g/mol. The van der Waals surface area contributed by atoms with E-state index in [1.165, 1.54) is 6.20 Å². The summed E-state index contributed by atoms with van der Waals surface area (Å²) in [6.45, 7) is 1.89. The lowest BCUT2D eigenvalue weighted by Gasteiger charge is -1.97. The fourth-order valence-electron chi connectivity index (χ4n) is 0.660. The molecule has 1 aromatic heterocycles. The van der Waals surface area contributed by atoms with Crippen molar-refractivity contribution in [1.29, 1.82) is 0 Å². The molecular formula is C7H8F2N2. The minimum absolute atomic E-state index is 0.262. The average Bonchev–Trinajstić information content (AvgIpc) is 2.05. The number of alkyl halides is 2. The van der Waals surface area contributed by atoms with Crippen molar-refractivity contribution in [1.82, 2.24) is 9.97 Å². The Kier molecular flexibility index (Phi) is 2.46. The SMILES string of the molecule is CCc1cnc(C(F)F)cn1. The van der Waals surface area contributed by atoms with Crippen LogP contribution in [0.4, 0.5) is 8.78 Å². The highest BCUT2D eigenvalue weighted by atomic mass is 19.3. The van der Waals surface area contributed by atoms with Crippen molar-refractivity contribution in [2.75, 3.05) is 0 Å². The minimum Gasteiger partial charge on any atom is -0.258 e. The normalized spacial score (nSPS) is 10.5. The third-order valence-electron chi connectivity index (χ3n) is 1.31. The van der Waals surface area contributed by atoms with Gasteiger partial charge in [-0.3, -0.25) is 9.97 Å². The van der Waals surface area contributed by atoms with Crippen molar-refractivity contribution in [2.45, 2.75) is 19.8 Å². The summed E-state index contributed by atoms with van der Waals surface area (Å²) in [6, 6.07) is 0. The molecule has 0 amide bonds. The molecule has 2 nitrogen and oxygen atoms in total. The zero-order valence-electron chi connectivity index (χ0n) is 6.09. The van der Waals surface area contributed by atoms with E-state index in [4.69, 9.17) is 0 Å². The van der Waals surface area contributed by atoms with Gasteiger partial charge in [-0.15, -0.1) is 0 Å². The van der Waals surface area contributed by atoms with E-state index in [1.807, 2.05) is 6.92 Å². The number of aromatic nitrogens is 2. The van der Waals surface area contributed by atoms with Crippen LogP contribution in [0, 0.1) is 0 Å².